The van der Waals surface area contributed by atoms with Gasteiger partial charge in [0, 0.05) is 17.0 Å². The number of ketones is 1. The molecule has 1 aromatic carbocycles. The monoisotopic (exact) mass is 424 g/mol. The van der Waals surface area contributed by atoms with E-state index in [4.69, 9.17) is 4.74 Å². The van der Waals surface area contributed by atoms with Crippen LogP contribution in [0.1, 0.15) is 48.6 Å². The molecule has 0 aliphatic carbocycles. The molecule has 0 spiro atoms. The van der Waals surface area contributed by atoms with Crippen molar-refractivity contribution in [2.75, 3.05) is 11.9 Å². The summed E-state index contributed by atoms with van der Waals surface area (Å²) in [6.45, 7) is 9.36. The number of hydrogen-bond acceptors (Lipinski definition) is 5. The van der Waals surface area contributed by atoms with Gasteiger partial charge in [0.1, 0.15) is 5.75 Å². The van der Waals surface area contributed by atoms with Gasteiger partial charge in [0.25, 0.3) is 5.91 Å². The van der Waals surface area contributed by atoms with E-state index in [1.807, 2.05) is 18.2 Å². The van der Waals surface area contributed by atoms with Crippen molar-refractivity contribution in [2.45, 2.75) is 40.0 Å². The lowest BCUT2D eigenvalue weighted by Gasteiger charge is -2.23. The van der Waals surface area contributed by atoms with Crippen molar-refractivity contribution in [3.8, 4) is 5.75 Å². The number of benzene rings is 1. The van der Waals surface area contributed by atoms with Gasteiger partial charge in [-0.2, -0.15) is 0 Å². The number of nitrogens with one attached hydrogen (secondary N) is 1. The van der Waals surface area contributed by atoms with E-state index < -0.39 is 0 Å². The van der Waals surface area contributed by atoms with Crippen LogP contribution in [0, 0.1) is 6.92 Å². The van der Waals surface area contributed by atoms with Crippen molar-refractivity contribution in [3.63, 3.8) is 0 Å². The minimum Gasteiger partial charge on any atom is -0.483 e. The Kier molecular flexibility index (Phi) is 6.00. The number of carbonyl (C=O) groups excluding carboxylic acids is 2. The normalized spacial score (nSPS) is 11.3. The molecule has 0 bridgehead atoms. The molecule has 0 fully saturated rings. The van der Waals surface area contributed by atoms with Gasteiger partial charge in [-0.1, -0.05) is 48.0 Å². The highest BCUT2D eigenvalue weighted by Gasteiger charge is 2.20. The highest BCUT2D eigenvalue weighted by Crippen LogP contribution is 2.33. The quantitative estimate of drug-likeness (QED) is 0.704. The van der Waals surface area contributed by atoms with Crippen molar-refractivity contribution in [2.24, 2.45) is 0 Å². The number of Topliss-reactive ketones (excluding diaryl/α,β-unsaturated/α-hetero) is 1. The molecule has 25 heavy (non-hydrogen) atoms. The zero-order chi connectivity index (χ0) is 18.8. The number of anilines is 1. The first-order valence-corrected chi connectivity index (χ1v) is 9.40. The number of thiazole rings is 1. The number of amides is 1. The van der Waals surface area contributed by atoms with Crippen molar-refractivity contribution >= 4 is 44.1 Å². The van der Waals surface area contributed by atoms with Crippen LogP contribution in [0.5, 0.6) is 5.75 Å². The second-order valence-electron chi connectivity index (χ2n) is 6.72. The molecule has 1 amide bonds. The second-order valence-corrected chi connectivity index (χ2v) is 8.63. The molecule has 5 nitrogen and oxygen atoms in total. The summed E-state index contributed by atoms with van der Waals surface area (Å²) in [5.41, 5.74) is 1.52. The number of hydrogen-bond donors (Lipinski definition) is 1. The van der Waals surface area contributed by atoms with E-state index in [1.165, 1.54) is 18.3 Å². The number of aryl methyl sites for hydroxylation is 1. The maximum absolute atomic E-state index is 12.1. The van der Waals surface area contributed by atoms with Crippen LogP contribution in [-0.4, -0.2) is 23.3 Å². The fourth-order valence-corrected chi connectivity index (χ4v) is 3.53. The molecule has 1 heterocycles. The summed E-state index contributed by atoms with van der Waals surface area (Å²) < 4.78 is 6.68. The zero-order valence-corrected chi connectivity index (χ0v) is 17.3. The Morgan fingerprint density at radius 2 is 2.00 bits per heavy atom. The zero-order valence-electron chi connectivity index (χ0n) is 14.9. The highest BCUT2D eigenvalue weighted by molar-refractivity contribution is 9.10. The van der Waals surface area contributed by atoms with Crippen LogP contribution in [0.15, 0.2) is 22.7 Å². The smallest absolute Gasteiger partial charge is 0.264 e. The number of carbonyl (C=O) groups is 2. The molecule has 1 aromatic heterocycles. The minimum atomic E-state index is -0.313. The van der Waals surface area contributed by atoms with Gasteiger partial charge in [0.15, 0.2) is 17.5 Å². The van der Waals surface area contributed by atoms with Crippen LogP contribution in [0.2, 0.25) is 0 Å². The Bertz CT molecular complexity index is 809. The number of nitrogens with zero attached hydrogens (tertiary/aromatic N) is 1. The molecule has 2 aromatic rings. The molecule has 0 aliphatic rings. The fourth-order valence-electron chi connectivity index (χ4n) is 2.29. The summed E-state index contributed by atoms with van der Waals surface area (Å²) in [5, 5.41) is 3.09. The third-order valence-electron chi connectivity index (χ3n) is 3.47. The number of rotatable bonds is 5. The van der Waals surface area contributed by atoms with E-state index in [9.17, 15) is 9.59 Å². The largest absolute Gasteiger partial charge is 0.483 e. The lowest BCUT2D eigenvalue weighted by Crippen LogP contribution is -2.22. The summed E-state index contributed by atoms with van der Waals surface area (Å²) >= 11 is 4.64. The Morgan fingerprint density at radius 1 is 1.32 bits per heavy atom. The third-order valence-corrected chi connectivity index (χ3v) is 5.14. The van der Waals surface area contributed by atoms with Crippen LogP contribution < -0.4 is 10.1 Å². The van der Waals surface area contributed by atoms with Crippen molar-refractivity contribution in [1.29, 1.82) is 0 Å². The Morgan fingerprint density at radius 3 is 2.56 bits per heavy atom. The van der Waals surface area contributed by atoms with Crippen LogP contribution >= 0.6 is 27.3 Å². The van der Waals surface area contributed by atoms with E-state index in [1.54, 1.807) is 6.92 Å². The molecule has 0 unspecified atom stereocenters. The number of halogens is 1. The van der Waals surface area contributed by atoms with Gasteiger partial charge in [-0.3, -0.25) is 14.9 Å². The Balaban J connectivity index is 2.06. The Hall–Kier alpha value is -1.73. The predicted octanol–water partition coefficient (Wildman–Crippen LogP) is 4.73. The van der Waals surface area contributed by atoms with Gasteiger partial charge in [-0.25, -0.2) is 4.98 Å². The molecule has 7 heteroatoms. The average Bonchev–Trinajstić information content (AvgIpc) is 2.85. The predicted molar refractivity (Wildman–Crippen MR) is 104 cm³/mol. The topological polar surface area (TPSA) is 68.3 Å². The Labute approximate surface area is 159 Å². The van der Waals surface area contributed by atoms with Gasteiger partial charge >= 0.3 is 0 Å². The van der Waals surface area contributed by atoms with Gasteiger partial charge in [0.2, 0.25) is 0 Å². The standard InChI is InChI=1S/C18H21BrN2O3S/c1-10-16(11(2)22)25-17(20-10)21-15(23)9-24-14-7-6-12(19)8-13(14)18(3,4)5/h6-8H,9H2,1-5H3,(H,20,21,23). The van der Waals surface area contributed by atoms with E-state index >= 15 is 0 Å². The van der Waals surface area contributed by atoms with Crippen LogP contribution in [0.3, 0.4) is 0 Å². The van der Waals surface area contributed by atoms with Crippen LogP contribution in [-0.2, 0) is 10.2 Å². The van der Waals surface area contributed by atoms with Gasteiger partial charge in [0.05, 0.1) is 10.6 Å². The molecule has 2 rings (SSSR count). The molecule has 0 atom stereocenters. The lowest BCUT2D eigenvalue weighted by atomic mass is 9.86. The maximum atomic E-state index is 12.1. The molecule has 0 radical (unpaired) electrons. The molecular weight excluding hydrogens is 404 g/mol. The molecule has 0 saturated carbocycles. The third kappa shape index (κ3) is 5.12. The second kappa shape index (κ2) is 7.66. The first kappa shape index (κ1) is 19.6. The molecule has 1 N–H and O–H groups in total. The average molecular weight is 425 g/mol. The van der Waals surface area contributed by atoms with Gasteiger partial charge in [-0.15, -0.1) is 0 Å². The first-order chi connectivity index (χ1) is 11.6. The summed E-state index contributed by atoms with van der Waals surface area (Å²) in [5.74, 6) is 0.300. The SMILES string of the molecule is CC(=O)c1sc(NC(=O)COc2ccc(Br)cc2C(C)(C)C)nc1C. The summed E-state index contributed by atoms with van der Waals surface area (Å²) in [6.07, 6.45) is 0. The van der Waals surface area contributed by atoms with E-state index in [0.29, 0.717) is 21.5 Å². The van der Waals surface area contributed by atoms with Crippen LogP contribution in [0.4, 0.5) is 5.13 Å². The maximum Gasteiger partial charge on any atom is 0.264 e. The summed E-state index contributed by atoms with van der Waals surface area (Å²) in [7, 11) is 0. The van der Waals surface area contributed by atoms with Gasteiger partial charge in [-0.05, 0) is 30.5 Å². The highest BCUT2D eigenvalue weighted by atomic mass is 79.9. The van der Waals surface area contributed by atoms with Crippen molar-refractivity contribution < 1.29 is 14.3 Å². The van der Waals surface area contributed by atoms with E-state index in [-0.39, 0.29) is 23.7 Å². The number of aromatic nitrogens is 1. The molecule has 134 valence electrons. The molecular formula is C18H21BrN2O3S. The summed E-state index contributed by atoms with van der Waals surface area (Å²) in [4.78, 5) is 28.4. The van der Waals surface area contributed by atoms with Crippen molar-refractivity contribution in [3.05, 3.63) is 38.8 Å². The van der Waals surface area contributed by atoms with Gasteiger partial charge < -0.3 is 4.74 Å². The fraction of sp³-hybridized carbons (Fsp3) is 0.389. The van der Waals surface area contributed by atoms with E-state index in [0.717, 1.165) is 10.0 Å². The number of ether oxygens (including phenoxy) is 1. The lowest BCUT2D eigenvalue weighted by molar-refractivity contribution is -0.118. The minimum absolute atomic E-state index is 0.0589. The molecule has 0 saturated heterocycles. The van der Waals surface area contributed by atoms with E-state index in [2.05, 4.69) is 47.0 Å². The van der Waals surface area contributed by atoms with Crippen molar-refractivity contribution in [1.82, 2.24) is 4.98 Å². The molecule has 0 aliphatic heterocycles. The first-order valence-electron chi connectivity index (χ1n) is 7.79. The summed E-state index contributed by atoms with van der Waals surface area (Å²) in [6, 6.07) is 5.72. The van der Waals surface area contributed by atoms with Crippen LogP contribution in [0.25, 0.3) is 0 Å².